The predicted octanol–water partition coefficient (Wildman–Crippen LogP) is 6.52. The molecule has 1 aliphatic heterocycles. The van der Waals surface area contributed by atoms with Gasteiger partial charge in [0.1, 0.15) is 0 Å². The van der Waals surface area contributed by atoms with Crippen molar-refractivity contribution < 1.29 is 14.9 Å². The summed E-state index contributed by atoms with van der Waals surface area (Å²) >= 11 is 0. The van der Waals surface area contributed by atoms with Gasteiger partial charge in [-0.1, -0.05) is 32.4 Å². The second-order valence-electron chi connectivity index (χ2n) is 13.7. The minimum absolute atomic E-state index is 0.137. The number of aliphatic hydroxyl groups excluding tert-OH is 1. The average molecular weight is 459 g/mol. The molecule has 4 fully saturated rings. The summed E-state index contributed by atoms with van der Waals surface area (Å²) < 4.78 is 5.50. The fraction of sp³-hybridized carbons (Fsp3) is 0.933. The molecule has 3 saturated carbocycles. The molecule has 1 saturated heterocycles. The molecule has 0 aromatic heterocycles. The van der Waals surface area contributed by atoms with Gasteiger partial charge in [-0.3, -0.25) is 0 Å². The maximum absolute atomic E-state index is 10.8. The van der Waals surface area contributed by atoms with Crippen molar-refractivity contribution in [1.29, 1.82) is 0 Å². The number of fused-ring (bicyclic) bond motifs is 5. The van der Waals surface area contributed by atoms with Crippen LogP contribution in [0.3, 0.4) is 0 Å². The minimum Gasteiger partial charge on any atom is -0.393 e. The lowest BCUT2D eigenvalue weighted by atomic mass is 9.46. The standard InChI is InChI=1S/C30H50O3/c1-20(5-10-27(31)21-12-17-33-18-13-21)24-8-9-25-23-7-6-22-19-28(2,32)15-16-29(22,3)26(23)11-14-30(24,25)4/h6,20-21,23-27,31-32H,5,7-19H2,1-4H3/t20-,23+,24-,25+,26+,27+,28?,29+,30-/m1/s1. The summed E-state index contributed by atoms with van der Waals surface area (Å²) in [5.74, 6) is 4.49. The van der Waals surface area contributed by atoms with Gasteiger partial charge in [0.25, 0.3) is 0 Å². The second-order valence-corrected chi connectivity index (χ2v) is 13.7. The first kappa shape index (κ1) is 24.3. The highest BCUT2D eigenvalue weighted by molar-refractivity contribution is 5.26. The molecule has 0 amide bonds. The largest absolute Gasteiger partial charge is 0.393 e. The molecule has 1 heterocycles. The number of aliphatic hydroxyl groups is 2. The van der Waals surface area contributed by atoms with E-state index in [9.17, 15) is 10.2 Å². The zero-order valence-corrected chi connectivity index (χ0v) is 21.8. The summed E-state index contributed by atoms with van der Waals surface area (Å²) in [6.07, 6.45) is 16.5. The van der Waals surface area contributed by atoms with Crippen molar-refractivity contribution in [3.05, 3.63) is 11.6 Å². The molecule has 1 unspecified atom stereocenters. The summed E-state index contributed by atoms with van der Waals surface area (Å²) in [6, 6.07) is 0. The summed E-state index contributed by atoms with van der Waals surface area (Å²) in [6.45, 7) is 11.4. The quantitative estimate of drug-likeness (QED) is 0.461. The Labute approximate surface area is 202 Å². The fourth-order valence-corrected chi connectivity index (χ4v) is 9.75. The van der Waals surface area contributed by atoms with E-state index in [1.807, 2.05) is 6.92 Å². The van der Waals surface area contributed by atoms with Crippen LogP contribution in [0.15, 0.2) is 11.6 Å². The molecule has 2 N–H and O–H groups in total. The third-order valence-corrected chi connectivity index (χ3v) is 11.9. The van der Waals surface area contributed by atoms with Crippen molar-refractivity contribution in [3.63, 3.8) is 0 Å². The molecule has 0 aromatic rings. The minimum atomic E-state index is -0.496. The van der Waals surface area contributed by atoms with E-state index in [-0.39, 0.29) is 6.10 Å². The van der Waals surface area contributed by atoms with Crippen LogP contribution in [0.2, 0.25) is 0 Å². The van der Waals surface area contributed by atoms with Crippen LogP contribution in [0.1, 0.15) is 105 Å². The Kier molecular flexibility index (Phi) is 6.58. The molecular weight excluding hydrogens is 408 g/mol. The van der Waals surface area contributed by atoms with Crippen LogP contribution < -0.4 is 0 Å². The molecular formula is C30H50O3. The topological polar surface area (TPSA) is 49.7 Å². The Balaban J connectivity index is 1.25. The van der Waals surface area contributed by atoms with E-state index in [2.05, 4.69) is 26.8 Å². The van der Waals surface area contributed by atoms with Crippen LogP contribution in [0.25, 0.3) is 0 Å². The fourth-order valence-electron chi connectivity index (χ4n) is 9.75. The van der Waals surface area contributed by atoms with Gasteiger partial charge in [-0.25, -0.2) is 0 Å². The third-order valence-electron chi connectivity index (χ3n) is 11.9. The molecule has 0 bridgehead atoms. The van der Waals surface area contributed by atoms with Crippen molar-refractivity contribution in [2.24, 2.45) is 46.3 Å². The first-order chi connectivity index (χ1) is 15.6. The number of ether oxygens (including phenoxy) is 1. The molecule has 5 aliphatic rings. The molecule has 0 radical (unpaired) electrons. The third kappa shape index (κ3) is 4.27. The predicted molar refractivity (Wildman–Crippen MR) is 134 cm³/mol. The number of allylic oxidation sites excluding steroid dienone is 1. The van der Waals surface area contributed by atoms with Crippen molar-refractivity contribution in [2.75, 3.05) is 13.2 Å². The molecule has 33 heavy (non-hydrogen) atoms. The van der Waals surface area contributed by atoms with E-state index in [1.54, 1.807) is 5.57 Å². The van der Waals surface area contributed by atoms with E-state index in [0.717, 1.165) is 69.0 Å². The molecule has 3 nitrogen and oxygen atoms in total. The molecule has 3 heteroatoms. The van der Waals surface area contributed by atoms with E-state index in [1.165, 1.54) is 44.9 Å². The van der Waals surface area contributed by atoms with Crippen molar-refractivity contribution in [1.82, 2.24) is 0 Å². The molecule has 188 valence electrons. The van der Waals surface area contributed by atoms with Gasteiger partial charge in [-0.15, -0.1) is 0 Å². The lowest BCUT2D eigenvalue weighted by Crippen LogP contribution is -2.52. The highest BCUT2D eigenvalue weighted by atomic mass is 16.5. The van der Waals surface area contributed by atoms with Crippen molar-refractivity contribution in [2.45, 2.75) is 116 Å². The summed E-state index contributed by atoms with van der Waals surface area (Å²) in [4.78, 5) is 0. The van der Waals surface area contributed by atoms with Gasteiger partial charge in [0.2, 0.25) is 0 Å². The molecule has 9 atom stereocenters. The monoisotopic (exact) mass is 458 g/mol. The van der Waals surface area contributed by atoms with Crippen LogP contribution in [-0.2, 0) is 4.74 Å². The van der Waals surface area contributed by atoms with Gasteiger partial charge < -0.3 is 14.9 Å². The summed E-state index contributed by atoms with van der Waals surface area (Å²) in [5, 5.41) is 21.5. The number of rotatable bonds is 5. The van der Waals surface area contributed by atoms with Gasteiger partial charge in [-0.2, -0.15) is 0 Å². The smallest absolute Gasteiger partial charge is 0.0657 e. The maximum atomic E-state index is 10.8. The summed E-state index contributed by atoms with van der Waals surface area (Å²) in [5.41, 5.74) is 1.88. The van der Waals surface area contributed by atoms with Crippen LogP contribution in [-0.4, -0.2) is 35.1 Å². The Morgan fingerprint density at radius 2 is 1.73 bits per heavy atom. The lowest BCUT2D eigenvalue weighted by molar-refractivity contribution is -0.0713. The molecule has 5 rings (SSSR count). The van der Waals surface area contributed by atoms with Crippen LogP contribution >= 0.6 is 0 Å². The van der Waals surface area contributed by atoms with Gasteiger partial charge in [0, 0.05) is 13.2 Å². The Hall–Kier alpha value is -0.380. The SMILES string of the molecule is C[C@H](CC[C@H](O)C1CCOCC1)[C@H]1CC[C@H]2[C@@H]3CC=C4CC(C)(O)CC[C@]4(C)[C@H]3CC[C@]12C. The number of hydrogen-bond donors (Lipinski definition) is 2. The van der Waals surface area contributed by atoms with Gasteiger partial charge >= 0.3 is 0 Å². The zero-order valence-electron chi connectivity index (χ0n) is 21.8. The van der Waals surface area contributed by atoms with Crippen molar-refractivity contribution in [3.8, 4) is 0 Å². The first-order valence-electron chi connectivity index (χ1n) is 14.3. The van der Waals surface area contributed by atoms with E-state index in [0.29, 0.717) is 22.7 Å². The average Bonchev–Trinajstić information content (AvgIpc) is 3.15. The van der Waals surface area contributed by atoms with Crippen molar-refractivity contribution >= 4 is 0 Å². The second kappa shape index (κ2) is 8.93. The highest BCUT2D eigenvalue weighted by Crippen LogP contribution is 2.67. The number of hydrogen-bond acceptors (Lipinski definition) is 3. The van der Waals surface area contributed by atoms with E-state index >= 15 is 0 Å². The van der Waals surface area contributed by atoms with Crippen LogP contribution in [0.4, 0.5) is 0 Å². The van der Waals surface area contributed by atoms with Gasteiger partial charge in [0.05, 0.1) is 11.7 Å². The molecule has 4 aliphatic carbocycles. The van der Waals surface area contributed by atoms with Crippen LogP contribution in [0.5, 0.6) is 0 Å². The highest BCUT2D eigenvalue weighted by Gasteiger charge is 2.59. The van der Waals surface area contributed by atoms with Gasteiger partial charge in [0.15, 0.2) is 0 Å². The maximum Gasteiger partial charge on any atom is 0.0657 e. The van der Waals surface area contributed by atoms with Crippen LogP contribution in [0, 0.1) is 46.3 Å². The van der Waals surface area contributed by atoms with Gasteiger partial charge in [-0.05, 0) is 130 Å². The van der Waals surface area contributed by atoms with E-state index in [4.69, 9.17) is 4.74 Å². The lowest BCUT2D eigenvalue weighted by Gasteiger charge is -2.59. The molecule has 0 spiro atoms. The van der Waals surface area contributed by atoms with E-state index < -0.39 is 5.60 Å². The Morgan fingerprint density at radius 1 is 0.970 bits per heavy atom. The first-order valence-corrected chi connectivity index (χ1v) is 14.3. The normalized spacial score (nSPS) is 47.8. The Morgan fingerprint density at radius 3 is 2.48 bits per heavy atom. The summed E-state index contributed by atoms with van der Waals surface area (Å²) in [7, 11) is 0. The zero-order chi connectivity index (χ0) is 23.4. The molecule has 0 aromatic carbocycles. The Bertz CT molecular complexity index is 737.